The van der Waals surface area contributed by atoms with Crippen molar-refractivity contribution in [3.8, 4) is 0 Å². The number of ether oxygens (including phenoxy) is 1. The Morgan fingerprint density at radius 3 is 2.77 bits per heavy atom. The molecule has 0 spiro atoms. The second-order valence-corrected chi connectivity index (χ2v) is 3.25. The van der Waals surface area contributed by atoms with E-state index in [0.717, 1.165) is 39.3 Å². The van der Waals surface area contributed by atoms with E-state index in [0.29, 0.717) is 6.42 Å². The molecule has 0 saturated carbocycles. The van der Waals surface area contributed by atoms with Crippen molar-refractivity contribution in [2.24, 2.45) is 0 Å². The molecule has 5 heteroatoms. The summed E-state index contributed by atoms with van der Waals surface area (Å²) < 4.78 is 5.21. The lowest BCUT2D eigenvalue weighted by Crippen LogP contribution is -3.14. The quantitative estimate of drug-likeness (QED) is 0.361. The number of morpholine rings is 1. The number of carbonyl (C=O) groups excluding carboxylic acids is 1. The second-order valence-electron chi connectivity index (χ2n) is 3.25. The maximum absolute atomic E-state index is 10.7. The summed E-state index contributed by atoms with van der Waals surface area (Å²) in [7, 11) is 0. The first-order chi connectivity index (χ1) is 6.33. The zero-order valence-electron chi connectivity index (χ0n) is 7.71. The summed E-state index contributed by atoms with van der Waals surface area (Å²) in [5, 5.41) is 8.25. The normalized spacial score (nSPS) is 18.5. The molecule has 13 heavy (non-hydrogen) atoms. The number of quaternary nitrogens is 1. The average molecular weight is 189 g/mol. The first-order valence-electron chi connectivity index (χ1n) is 4.67. The van der Waals surface area contributed by atoms with Gasteiger partial charge >= 0.3 is 0 Å². The molecule has 1 rings (SSSR count). The first-order valence-corrected chi connectivity index (χ1v) is 4.67. The number of hydrogen-bond acceptors (Lipinski definition) is 3. The Labute approximate surface area is 77.6 Å². The van der Waals surface area contributed by atoms with E-state index < -0.39 is 0 Å². The molecule has 0 aromatic rings. The summed E-state index contributed by atoms with van der Waals surface area (Å²) in [5.74, 6) is -0.298. The summed E-state index contributed by atoms with van der Waals surface area (Å²) in [6.45, 7) is 4.68. The van der Waals surface area contributed by atoms with Gasteiger partial charge in [0.15, 0.2) is 0 Å². The molecule has 0 atom stereocenters. The minimum absolute atomic E-state index is 0.298. The van der Waals surface area contributed by atoms with Crippen LogP contribution in [0.2, 0.25) is 0 Å². The fraction of sp³-hybridized carbons (Fsp3) is 0.875. The maximum atomic E-state index is 10.7. The number of carbonyl (C=O) groups is 1. The van der Waals surface area contributed by atoms with Gasteiger partial charge in [0.25, 0.3) is 0 Å². The Morgan fingerprint density at radius 1 is 1.46 bits per heavy atom. The van der Waals surface area contributed by atoms with Crippen molar-refractivity contribution < 1.29 is 19.6 Å². The third-order valence-corrected chi connectivity index (χ3v) is 2.26. The average Bonchev–Trinajstić information content (AvgIpc) is 2.19. The van der Waals surface area contributed by atoms with Gasteiger partial charge in [-0.2, -0.15) is 0 Å². The summed E-state index contributed by atoms with van der Waals surface area (Å²) in [5.41, 5.74) is 1.63. The van der Waals surface area contributed by atoms with Gasteiger partial charge in [0.2, 0.25) is 5.91 Å². The Morgan fingerprint density at radius 2 is 2.15 bits per heavy atom. The highest BCUT2D eigenvalue weighted by Crippen LogP contribution is 1.85. The van der Waals surface area contributed by atoms with E-state index in [1.165, 1.54) is 4.90 Å². The van der Waals surface area contributed by atoms with Crippen LogP contribution in [0.3, 0.4) is 0 Å². The lowest BCUT2D eigenvalue weighted by Gasteiger charge is -2.23. The topological polar surface area (TPSA) is 63.0 Å². The molecule has 0 radical (unpaired) electrons. The molecule has 1 heterocycles. The Bertz CT molecular complexity index is 157. The van der Waals surface area contributed by atoms with Crippen LogP contribution in [0, 0.1) is 0 Å². The lowest BCUT2D eigenvalue weighted by molar-refractivity contribution is -0.908. The van der Waals surface area contributed by atoms with E-state index in [9.17, 15) is 4.79 Å². The Hall–Kier alpha value is -0.650. The predicted molar refractivity (Wildman–Crippen MR) is 45.5 cm³/mol. The largest absolute Gasteiger partial charge is 0.370 e. The van der Waals surface area contributed by atoms with Crippen LogP contribution < -0.4 is 10.4 Å². The van der Waals surface area contributed by atoms with Gasteiger partial charge in [-0.05, 0) is 0 Å². The molecule has 1 aliphatic rings. The zero-order valence-corrected chi connectivity index (χ0v) is 7.71. The molecule has 1 fully saturated rings. The number of nitrogens with one attached hydrogen (secondary N) is 2. The van der Waals surface area contributed by atoms with E-state index in [1.807, 2.05) is 0 Å². The molecule has 0 aromatic heterocycles. The van der Waals surface area contributed by atoms with E-state index >= 15 is 0 Å². The molecule has 0 bridgehead atoms. The first kappa shape index (κ1) is 10.4. The van der Waals surface area contributed by atoms with Gasteiger partial charge in [-0.3, -0.25) is 10.0 Å². The van der Waals surface area contributed by atoms with Crippen LogP contribution in [0.4, 0.5) is 0 Å². The van der Waals surface area contributed by atoms with E-state index in [2.05, 4.69) is 0 Å². The van der Waals surface area contributed by atoms with Crippen molar-refractivity contribution >= 4 is 5.91 Å². The fourth-order valence-corrected chi connectivity index (χ4v) is 1.46. The van der Waals surface area contributed by atoms with Crippen LogP contribution in [0.15, 0.2) is 0 Å². The van der Waals surface area contributed by atoms with E-state index in [1.54, 1.807) is 5.48 Å². The van der Waals surface area contributed by atoms with Gasteiger partial charge in [-0.1, -0.05) is 0 Å². The monoisotopic (exact) mass is 189 g/mol. The molecular weight excluding hydrogens is 172 g/mol. The van der Waals surface area contributed by atoms with Crippen molar-refractivity contribution in [3.05, 3.63) is 0 Å². The minimum Gasteiger partial charge on any atom is -0.370 e. The molecule has 1 aliphatic heterocycles. The Kier molecular flexibility index (Phi) is 4.74. The SMILES string of the molecule is O=C(CCC[NH+]1CCOCC1)NO. The smallest absolute Gasteiger partial charge is 0.243 e. The predicted octanol–water partition coefficient (Wildman–Crippen LogP) is -1.81. The highest BCUT2D eigenvalue weighted by atomic mass is 16.5. The van der Waals surface area contributed by atoms with E-state index in [4.69, 9.17) is 9.94 Å². The van der Waals surface area contributed by atoms with Crippen LogP contribution in [-0.4, -0.2) is 44.0 Å². The van der Waals surface area contributed by atoms with Crippen molar-refractivity contribution in [1.82, 2.24) is 5.48 Å². The van der Waals surface area contributed by atoms with Crippen molar-refractivity contribution in [1.29, 1.82) is 0 Å². The molecule has 0 aliphatic carbocycles. The molecule has 3 N–H and O–H groups in total. The molecule has 0 aromatic carbocycles. The van der Waals surface area contributed by atoms with Crippen LogP contribution >= 0.6 is 0 Å². The van der Waals surface area contributed by atoms with E-state index in [-0.39, 0.29) is 5.91 Å². The van der Waals surface area contributed by atoms with Crippen LogP contribution in [0.1, 0.15) is 12.8 Å². The second kappa shape index (κ2) is 5.90. The molecule has 1 saturated heterocycles. The molecule has 1 amide bonds. The van der Waals surface area contributed by atoms with Crippen LogP contribution in [-0.2, 0) is 9.53 Å². The highest BCUT2D eigenvalue weighted by molar-refractivity contribution is 5.74. The van der Waals surface area contributed by atoms with Crippen LogP contribution in [0.5, 0.6) is 0 Å². The highest BCUT2D eigenvalue weighted by Gasteiger charge is 2.13. The fourth-order valence-electron chi connectivity index (χ4n) is 1.46. The third kappa shape index (κ3) is 4.21. The van der Waals surface area contributed by atoms with Gasteiger partial charge < -0.3 is 9.64 Å². The van der Waals surface area contributed by atoms with Crippen molar-refractivity contribution in [2.45, 2.75) is 12.8 Å². The maximum Gasteiger partial charge on any atom is 0.243 e. The Balaban J connectivity index is 2.01. The van der Waals surface area contributed by atoms with Crippen molar-refractivity contribution in [2.75, 3.05) is 32.8 Å². The van der Waals surface area contributed by atoms with Gasteiger partial charge in [0, 0.05) is 12.8 Å². The molecule has 76 valence electrons. The number of hydroxylamine groups is 1. The third-order valence-electron chi connectivity index (χ3n) is 2.26. The number of amides is 1. The van der Waals surface area contributed by atoms with Gasteiger partial charge in [0.05, 0.1) is 19.8 Å². The van der Waals surface area contributed by atoms with Crippen LogP contribution in [0.25, 0.3) is 0 Å². The number of rotatable bonds is 4. The summed E-state index contributed by atoms with van der Waals surface area (Å²) in [4.78, 5) is 12.1. The summed E-state index contributed by atoms with van der Waals surface area (Å²) in [6, 6.07) is 0. The van der Waals surface area contributed by atoms with Gasteiger partial charge in [-0.15, -0.1) is 0 Å². The molecule has 5 nitrogen and oxygen atoms in total. The zero-order chi connectivity index (χ0) is 9.52. The van der Waals surface area contributed by atoms with Crippen molar-refractivity contribution in [3.63, 3.8) is 0 Å². The summed E-state index contributed by atoms with van der Waals surface area (Å²) >= 11 is 0. The minimum atomic E-state index is -0.298. The molecule has 0 unspecified atom stereocenters. The standard InChI is InChI=1S/C8H16N2O3/c11-8(9-12)2-1-3-10-4-6-13-7-5-10/h12H,1-7H2,(H,9,11)/p+1. The molecular formula is C8H17N2O3+. The lowest BCUT2D eigenvalue weighted by atomic mass is 10.2. The van der Waals surface area contributed by atoms with Gasteiger partial charge in [0.1, 0.15) is 13.1 Å². The summed E-state index contributed by atoms with van der Waals surface area (Å²) in [6.07, 6.45) is 1.22. The van der Waals surface area contributed by atoms with Gasteiger partial charge in [-0.25, -0.2) is 5.48 Å². The number of hydrogen-bond donors (Lipinski definition) is 3.